The normalized spacial score (nSPS) is 18.8. The van der Waals surface area contributed by atoms with E-state index in [2.05, 4.69) is 76.2 Å². The molecule has 0 unspecified atom stereocenters. The number of anilines is 1. The fourth-order valence-corrected chi connectivity index (χ4v) is 4.61. The van der Waals surface area contributed by atoms with Crippen molar-refractivity contribution in [2.45, 2.75) is 26.2 Å². The molecule has 154 valence electrons. The number of likely N-dealkylation sites (tertiary alicyclic amines) is 1. The van der Waals surface area contributed by atoms with Crippen LogP contribution in [0.25, 0.3) is 0 Å². The zero-order valence-electron chi connectivity index (χ0n) is 17.6. The lowest BCUT2D eigenvalue weighted by Gasteiger charge is -2.38. The SMILES string of the molecule is Cc1cccc(N2CCN(CC(=O)N3CCC(Cc4ccccc4)CC3)CC2)c1. The summed E-state index contributed by atoms with van der Waals surface area (Å²) in [5.41, 5.74) is 4.02. The first-order chi connectivity index (χ1) is 14.2. The molecule has 0 spiro atoms. The number of benzene rings is 2. The lowest BCUT2D eigenvalue weighted by Crippen LogP contribution is -2.51. The van der Waals surface area contributed by atoms with Crippen molar-refractivity contribution in [3.05, 3.63) is 65.7 Å². The van der Waals surface area contributed by atoms with E-state index in [1.54, 1.807) is 0 Å². The molecular formula is C25H33N3O. The Balaban J connectivity index is 1.20. The molecule has 2 aromatic rings. The zero-order valence-corrected chi connectivity index (χ0v) is 17.6. The number of amides is 1. The lowest BCUT2D eigenvalue weighted by molar-refractivity contribution is -0.133. The van der Waals surface area contributed by atoms with Gasteiger partial charge in [0.05, 0.1) is 6.54 Å². The summed E-state index contributed by atoms with van der Waals surface area (Å²) >= 11 is 0. The number of piperidine rings is 1. The molecule has 0 radical (unpaired) electrons. The van der Waals surface area contributed by atoms with Crippen LogP contribution in [0.1, 0.15) is 24.0 Å². The monoisotopic (exact) mass is 391 g/mol. The lowest BCUT2D eigenvalue weighted by atomic mass is 9.90. The second kappa shape index (κ2) is 9.45. The Hall–Kier alpha value is -2.33. The molecule has 4 nitrogen and oxygen atoms in total. The van der Waals surface area contributed by atoms with Crippen LogP contribution < -0.4 is 4.90 Å². The van der Waals surface area contributed by atoms with Crippen LogP contribution in [-0.2, 0) is 11.2 Å². The van der Waals surface area contributed by atoms with Crippen molar-refractivity contribution in [3.8, 4) is 0 Å². The number of piperazine rings is 1. The zero-order chi connectivity index (χ0) is 20.1. The first-order valence-corrected chi connectivity index (χ1v) is 11.0. The first kappa shape index (κ1) is 20.0. The Labute approximate surface area is 175 Å². The van der Waals surface area contributed by atoms with Gasteiger partial charge in [-0.25, -0.2) is 0 Å². The van der Waals surface area contributed by atoms with Crippen molar-refractivity contribution in [2.24, 2.45) is 5.92 Å². The molecule has 2 fully saturated rings. The predicted octanol–water partition coefficient (Wildman–Crippen LogP) is 3.60. The molecule has 2 aliphatic heterocycles. The van der Waals surface area contributed by atoms with Crippen LogP contribution in [-0.4, -0.2) is 61.5 Å². The number of hydrogen-bond donors (Lipinski definition) is 0. The Morgan fingerprint density at radius 1 is 0.897 bits per heavy atom. The second-order valence-corrected chi connectivity index (χ2v) is 8.62. The maximum absolute atomic E-state index is 12.8. The van der Waals surface area contributed by atoms with Crippen molar-refractivity contribution in [2.75, 3.05) is 50.7 Å². The molecule has 4 heteroatoms. The molecule has 4 rings (SSSR count). The summed E-state index contributed by atoms with van der Waals surface area (Å²) in [6.07, 6.45) is 3.40. The van der Waals surface area contributed by atoms with Crippen LogP contribution >= 0.6 is 0 Å². The predicted molar refractivity (Wildman–Crippen MR) is 119 cm³/mol. The average molecular weight is 392 g/mol. The van der Waals surface area contributed by atoms with Crippen molar-refractivity contribution in [1.29, 1.82) is 0 Å². The van der Waals surface area contributed by atoms with E-state index in [0.717, 1.165) is 58.5 Å². The maximum Gasteiger partial charge on any atom is 0.236 e. The third kappa shape index (κ3) is 5.39. The van der Waals surface area contributed by atoms with Gasteiger partial charge in [0.2, 0.25) is 5.91 Å². The molecule has 2 aromatic carbocycles. The largest absolute Gasteiger partial charge is 0.369 e. The topological polar surface area (TPSA) is 26.8 Å². The molecule has 0 atom stereocenters. The molecule has 0 saturated carbocycles. The van der Waals surface area contributed by atoms with Crippen molar-refractivity contribution < 1.29 is 4.79 Å². The van der Waals surface area contributed by atoms with Gasteiger partial charge in [0.15, 0.2) is 0 Å². The molecule has 0 aliphatic carbocycles. The van der Waals surface area contributed by atoms with Gasteiger partial charge >= 0.3 is 0 Å². The average Bonchev–Trinajstić information content (AvgIpc) is 2.75. The molecule has 0 aromatic heterocycles. The van der Waals surface area contributed by atoms with Crippen molar-refractivity contribution in [1.82, 2.24) is 9.80 Å². The van der Waals surface area contributed by atoms with Gasteiger partial charge in [0, 0.05) is 45.0 Å². The minimum Gasteiger partial charge on any atom is -0.369 e. The van der Waals surface area contributed by atoms with Crippen molar-refractivity contribution in [3.63, 3.8) is 0 Å². The van der Waals surface area contributed by atoms with Gasteiger partial charge < -0.3 is 9.80 Å². The number of rotatable bonds is 5. The van der Waals surface area contributed by atoms with Crippen LogP contribution in [0.5, 0.6) is 0 Å². The van der Waals surface area contributed by atoms with E-state index in [9.17, 15) is 4.79 Å². The van der Waals surface area contributed by atoms with Crippen LogP contribution in [0, 0.1) is 12.8 Å². The van der Waals surface area contributed by atoms with Gasteiger partial charge in [0.1, 0.15) is 0 Å². The van der Waals surface area contributed by atoms with E-state index in [-0.39, 0.29) is 0 Å². The minimum absolute atomic E-state index is 0.312. The van der Waals surface area contributed by atoms with E-state index in [4.69, 9.17) is 0 Å². The summed E-state index contributed by atoms with van der Waals surface area (Å²) in [5, 5.41) is 0. The highest BCUT2D eigenvalue weighted by molar-refractivity contribution is 5.78. The molecule has 1 amide bonds. The van der Waals surface area contributed by atoms with E-state index in [1.165, 1.54) is 16.8 Å². The van der Waals surface area contributed by atoms with Gasteiger partial charge in [-0.3, -0.25) is 9.69 Å². The highest BCUT2D eigenvalue weighted by atomic mass is 16.2. The van der Waals surface area contributed by atoms with Crippen molar-refractivity contribution >= 4 is 11.6 Å². The Morgan fingerprint density at radius 2 is 1.62 bits per heavy atom. The van der Waals surface area contributed by atoms with Gasteiger partial charge in [-0.15, -0.1) is 0 Å². The molecule has 29 heavy (non-hydrogen) atoms. The highest BCUT2D eigenvalue weighted by Gasteiger charge is 2.25. The smallest absolute Gasteiger partial charge is 0.236 e. The number of carbonyl (C=O) groups is 1. The fraction of sp³-hybridized carbons (Fsp3) is 0.480. The number of carbonyl (C=O) groups excluding carboxylic acids is 1. The summed E-state index contributed by atoms with van der Waals surface area (Å²) in [6, 6.07) is 19.4. The number of hydrogen-bond acceptors (Lipinski definition) is 3. The van der Waals surface area contributed by atoms with Gasteiger partial charge in [-0.2, -0.15) is 0 Å². The minimum atomic E-state index is 0.312. The van der Waals surface area contributed by atoms with Crippen LogP contribution in [0.15, 0.2) is 54.6 Å². The standard InChI is InChI=1S/C25H33N3O/c1-21-6-5-9-24(18-21)27-16-14-26(15-17-27)20-25(29)28-12-10-23(11-13-28)19-22-7-3-2-4-8-22/h2-9,18,23H,10-17,19-20H2,1H3. The van der Waals surface area contributed by atoms with E-state index in [0.29, 0.717) is 18.4 Å². The Kier molecular flexibility index (Phi) is 6.50. The summed E-state index contributed by atoms with van der Waals surface area (Å²) in [7, 11) is 0. The number of aryl methyl sites for hydroxylation is 1. The van der Waals surface area contributed by atoms with Gasteiger partial charge in [0.25, 0.3) is 0 Å². The third-order valence-corrected chi connectivity index (χ3v) is 6.43. The maximum atomic E-state index is 12.8. The molecule has 2 saturated heterocycles. The summed E-state index contributed by atoms with van der Waals surface area (Å²) in [4.78, 5) is 19.6. The van der Waals surface area contributed by atoms with E-state index >= 15 is 0 Å². The highest BCUT2D eigenvalue weighted by Crippen LogP contribution is 2.22. The van der Waals surface area contributed by atoms with Gasteiger partial charge in [-0.05, 0) is 55.4 Å². The van der Waals surface area contributed by atoms with E-state index < -0.39 is 0 Å². The quantitative estimate of drug-likeness (QED) is 0.779. The number of nitrogens with zero attached hydrogens (tertiary/aromatic N) is 3. The van der Waals surface area contributed by atoms with Crippen LogP contribution in [0.2, 0.25) is 0 Å². The molecular weight excluding hydrogens is 358 g/mol. The molecule has 0 bridgehead atoms. The molecule has 2 aliphatic rings. The van der Waals surface area contributed by atoms with E-state index in [1.807, 2.05) is 0 Å². The summed E-state index contributed by atoms with van der Waals surface area (Å²) < 4.78 is 0. The summed E-state index contributed by atoms with van der Waals surface area (Å²) in [5.74, 6) is 1.02. The van der Waals surface area contributed by atoms with Gasteiger partial charge in [-0.1, -0.05) is 42.5 Å². The van der Waals surface area contributed by atoms with Crippen LogP contribution in [0.3, 0.4) is 0 Å². The second-order valence-electron chi connectivity index (χ2n) is 8.62. The first-order valence-electron chi connectivity index (χ1n) is 11.0. The Morgan fingerprint density at radius 3 is 2.31 bits per heavy atom. The fourth-order valence-electron chi connectivity index (χ4n) is 4.61. The third-order valence-electron chi connectivity index (χ3n) is 6.43. The van der Waals surface area contributed by atoms with Crippen LogP contribution in [0.4, 0.5) is 5.69 Å². The molecule has 0 N–H and O–H groups in total. The summed E-state index contributed by atoms with van der Waals surface area (Å²) in [6.45, 7) is 8.46. The molecule has 2 heterocycles. The Bertz CT molecular complexity index is 791.